The van der Waals surface area contributed by atoms with Crippen LogP contribution in [0.25, 0.3) is 11.5 Å². The molecule has 3 rings (SSSR count). The van der Waals surface area contributed by atoms with Crippen molar-refractivity contribution in [3.8, 4) is 11.5 Å². The number of halogens is 2. The van der Waals surface area contributed by atoms with Gasteiger partial charge in [0, 0.05) is 11.8 Å². The molecule has 2 heterocycles. The zero-order chi connectivity index (χ0) is 13.2. The van der Waals surface area contributed by atoms with Crippen molar-refractivity contribution >= 4 is 23.2 Å². The number of hydrogen-bond donors (Lipinski definition) is 0. The van der Waals surface area contributed by atoms with Crippen molar-refractivity contribution in [1.29, 1.82) is 0 Å². The summed E-state index contributed by atoms with van der Waals surface area (Å²) in [6.45, 7) is 0. The summed E-state index contributed by atoms with van der Waals surface area (Å²) < 4.78 is 0. The maximum Gasteiger partial charge on any atom is 0.181 e. The van der Waals surface area contributed by atoms with Gasteiger partial charge in [-0.3, -0.25) is 0 Å². The molecule has 0 unspecified atom stereocenters. The maximum absolute atomic E-state index is 6.29. The lowest BCUT2D eigenvalue weighted by Gasteiger charge is -2.13. The number of hydrogen-bond acceptors (Lipinski definition) is 4. The number of nitrogens with zero attached hydrogens (tertiary/aromatic N) is 4. The molecule has 2 aromatic heterocycles. The summed E-state index contributed by atoms with van der Waals surface area (Å²) in [5.41, 5.74) is 1.51. The van der Waals surface area contributed by atoms with Crippen molar-refractivity contribution < 1.29 is 0 Å². The van der Waals surface area contributed by atoms with Gasteiger partial charge in [0.25, 0.3) is 0 Å². The Kier molecular flexibility index (Phi) is 3.62. The first kappa shape index (κ1) is 12.8. The Morgan fingerprint density at radius 3 is 2.32 bits per heavy atom. The minimum absolute atomic E-state index is 0.388. The van der Waals surface area contributed by atoms with Gasteiger partial charge in [0.15, 0.2) is 5.82 Å². The van der Waals surface area contributed by atoms with E-state index in [-0.39, 0.29) is 0 Å². The Morgan fingerprint density at radius 1 is 1.05 bits per heavy atom. The molecule has 0 N–H and O–H groups in total. The SMILES string of the molecule is Clc1nc(-c2ccncn2)nc(Cl)c1C1CCCC1. The molecule has 1 fully saturated rings. The molecule has 19 heavy (non-hydrogen) atoms. The third-order valence-corrected chi connectivity index (χ3v) is 4.00. The van der Waals surface area contributed by atoms with Gasteiger partial charge in [-0.25, -0.2) is 19.9 Å². The molecule has 0 spiro atoms. The van der Waals surface area contributed by atoms with E-state index in [1.54, 1.807) is 12.3 Å². The third-order valence-electron chi connectivity index (χ3n) is 3.43. The van der Waals surface area contributed by atoms with Gasteiger partial charge < -0.3 is 0 Å². The normalized spacial score (nSPS) is 15.9. The van der Waals surface area contributed by atoms with Gasteiger partial charge in [-0.1, -0.05) is 36.0 Å². The second-order valence-corrected chi connectivity index (χ2v) is 5.33. The van der Waals surface area contributed by atoms with Crippen molar-refractivity contribution in [2.45, 2.75) is 31.6 Å². The highest BCUT2D eigenvalue weighted by atomic mass is 35.5. The Bertz CT molecular complexity index is 559. The topological polar surface area (TPSA) is 51.6 Å². The van der Waals surface area contributed by atoms with E-state index in [2.05, 4.69) is 19.9 Å². The predicted molar refractivity (Wildman–Crippen MR) is 74.3 cm³/mol. The van der Waals surface area contributed by atoms with E-state index < -0.39 is 0 Å². The molecule has 1 aliphatic rings. The summed E-state index contributed by atoms with van der Waals surface area (Å²) in [4.78, 5) is 16.6. The van der Waals surface area contributed by atoms with E-state index in [0.29, 0.717) is 27.7 Å². The molecule has 4 nitrogen and oxygen atoms in total. The van der Waals surface area contributed by atoms with Crippen LogP contribution in [0.4, 0.5) is 0 Å². The van der Waals surface area contributed by atoms with Crippen LogP contribution >= 0.6 is 23.2 Å². The van der Waals surface area contributed by atoms with Crippen molar-refractivity contribution in [1.82, 2.24) is 19.9 Å². The molecule has 0 bridgehead atoms. The highest BCUT2D eigenvalue weighted by Gasteiger charge is 2.24. The maximum atomic E-state index is 6.29. The number of rotatable bonds is 2. The highest BCUT2D eigenvalue weighted by Crippen LogP contribution is 2.40. The van der Waals surface area contributed by atoms with Crippen LogP contribution < -0.4 is 0 Å². The summed E-state index contributed by atoms with van der Waals surface area (Å²) in [5, 5.41) is 0.890. The van der Waals surface area contributed by atoms with Crippen LogP contribution in [-0.4, -0.2) is 19.9 Å². The molecule has 0 radical (unpaired) electrons. The third kappa shape index (κ3) is 2.55. The van der Waals surface area contributed by atoms with Crippen LogP contribution in [0, 0.1) is 0 Å². The molecule has 1 aliphatic carbocycles. The first-order valence-corrected chi connectivity index (χ1v) is 7.00. The van der Waals surface area contributed by atoms with E-state index in [1.165, 1.54) is 19.2 Å². The largest absolute Gasteiger partial charge is 0.245 e. The van der Waals surface area contributed by atoms with E-state index >= 15 is 0 Å². The fourth-order valence-corrected chi connectivity index (χ4v) is 3.20. The lowest BCUT2D eigenvalue weighted by atomic mass is 10.0. The zero-order valence-electron chi connectivity index (χ0n) is 10.2. The Hall–Kier alpha value is -1.26. The summed E-state index contributed by atoms with van der Waals surface area (Å²) in [6.07, 6.45) is 7.73. The minimum Gasteiger partial charge on any atom is -0.245 e. The predicted octanol–water partition coefficient (Wildman–Crippen LogP) is 3.90. The van der Waals surface area contributed by atoms with E-state index in [4.69, 9.17) is 23.2 Å². The molecule has 0 aliphatic heterocycles. The second kappa shape index (κ2) is 5.39. The molecule has 0 saturated heterocycles. The molecule has 6 heteroatoms. The molecule has 1 saturated carbocycles. The first-order chi connectivity index (χ1) is 9.25. The van der Waals surface area contributed by atoms with Crippen LogP contribution in [-0.2, 0) is 0 Å². The number of aromatic nitrogens is 4. The standard InChI is InChI=1S/C13H12Cl2N4/c14-11-10(8-3-1-2-4-8)12(15)19-13(18-11)9-5-6-16-7-17-9/h5-8H,1-4H2. The molecule has 0 atom stereocenters. The van der Waals surface area contributed by atoms with Crippen molar-refractivity contribution in [3.63, 3.8) is 0 Å². The van der Waals surface area contributed by atoms with Gasteiger partial charge in [0.05, 0.1) is 0 Å². The summed E-state index contributed by atoms with van der Waals surface area (Å²) in [6, 6.07) is 1.73. The molecule has 98 valence electrons. The summed E-state index contributed by atoms with van der Waals surface area (Å²) in [5.74, 6) is 0.832. The van der Waals surface area contributed by atoms with Crippen LogP contribution in [0.1, 0.15) is 37.2 Å². The summed E-state index contributed by atoms with van der Waals surface area (Å²) >= 11 is 12.6. The van der Waals surface area contributed by atoms with Crippen LogP contribution in [0.15, 0.2) is 18.6 Å². The average molecular weight is 295 g/mol. The Morgan fingerprint density at radius 2 is 1.74 bits per heavy atom. The van der Waals surface area contributed by atoms with Crippen LogP contribution in [0.5, 0.6) is 0 Å². The molecular weight excluding hydrogens is 283 g/mol. The van der Waals surface area contributed by atoms with E-state index in [0.717, 1.165) is 18.4 Å². The second-order valence-electron chi connectivity index (χ2n) is 4.62. The van der Waals surface area contributed by atoms with Gasteiger partial charge in [-0.05, 0) is 24.8 Å². The Labute approximate surface area is 121 Å². The minimum atomic E-state index is 0.388. The molecule has 2 aromatic rings. The van der Waals surface area contributed by atoms with Crippen molar-refractivity contribution in [2.24, 2.45) is 0 Å². The van der Waals surface area contributed by atoms with Gasteiger partial charge in [-0.2, -0.15) is 0 Å². The monoisotopic (exact) mass is 294 g/mol. The molecule has 0 amide bonds. The summed E-state index contributed by atoms with van der Waals surface area (Å²) in [7, 11) is 0. The van der Waals surface area contributed by atoms with E-state index in [9.17, 15) is 0 Å². The highest BCUT2D eigenvalue weighted by molar-refractivity contribution is 6.34. The van der Waals surface area contributed by atoms with Crippen molar-refractivity contribution in [2.75, 3.05) is 0 Å². The van der Waals surface area contributed by atoms with Crippen LogP contribution in [0.2, 0.25) is 10.3 Å². The molecular formula is C13H12Cl2N4. The average Bonchev–Trinajstić information content (AvgIpc) is 2.93. The van der Waals surface area contributed by atoms with Gasteiger partial charge in [0.1, 0.15) is 22.3 Å². The lowest BCUT2D eigenvalue weighted by Crippen LogP contribution is -2.02. The van der Waals surface area contributed by atoms with Gasteiger partial charge >= 0.3 is 0 Å². The lowest BCUT2D eigenvalue weighted by molar-refractivity contribution is 0.715. The fourth-order valence-electron chi connectivity index (χ4n) is 2.51. The zero-order valence-corrected chi connectivity index (χ0v) is 11.7. The Balaban J connectivity index is 2.02. The first-order valence-electron chi connectivity index (χ1n) is 6.25. The van der Waals surface area contributed by atoms with E-state index in [1.807, 2.05) is 0 Å². The van der Waals surface area contributed by atoms with Crippen LogP contribution in [0.3, 0.4) is 0 Å². The fraction of sp³-hybridized carbons (Fsp3) is 0.385. The quantitative estimate of drug-likeness (QED) is 0.788. The van der Waals surface area contributed by atoms with Gasteiger partial charge in [-0.15, -0.1) is 0 Å². The van der Waals surface area contributed by atoms with Gasteiger partial charge in [0.2, 0.25) is 0 Å². The smallest absolute Gasteiger partial charge is 0.181 e. The van der Waals surface area contributed by atoms with Crippen molar-refractivity contribution in [3.05, 3.63) is 34.5 Å². The molecule has 0 aromatic carbocycles.